The minimum Gasteiger partial charge on any atom is -0.338 e. The van der Waals surface area contributed by atoms with Crippen LogP contribution in [0.3, 0.4) is 0 Å². The molecule has 1 aromatic carbocycles. The van der Waals surface area contributed by atoms with E-state index in [2.05, 4.69) is 73.5 Å². The fraction of sp³-hybridized carbons (Fsp3) is 0.368. The van der Waals surface area contributed by atoms with Crippen molar-refractivity contribution in [3.8, 4) is 0 Å². The van der Waals surface area contributed by atoms with Gasteiger partial charge >= 0.3 is 0 Å². The largest absolute Gasteiger partial charge is 0.338 e. The van der Waals surface area contributed by atoms with Crippen molar-refractivity contribution in [2.75, 3.05) is 32.5 Å². The molecule has 4 nitrogen and oxygen atoms in total. The summed E-state index contributed by atoms with van der Waals surface area (Å²) in [6.45, 7) is 6.15. The minimum atomic E-state index is 0.170. The molecular weight excluding hydrogens is 316 g/mol. The molecule has 0 amide bonds. The zero-order valence-corrected chi connectivity index (χ0v) is 15.7. The Morgan fingerprint density at radius 2 is 1.96 bits per heavy atom. The third-order valence-corrected chi connectivity index (χ3v) is 4.39. The van der Waals surface area contributed by atoms with Crippen molar-refractivity contribution in [3.63, 3.8) is 0 Å². The van der Waals surface area contributed by atoms with Crippen LogP contribution in [0.15, 0.2) is 48.8 Å². The summed E-state index contributed by atoms with van der Waals surface area (Å²) in [6.07, 6.45) is 3.71. The van der Waals surface area contributed by atoms with Gasteiger partial charge in [-0.15, -0.1) is 0 Å². The van der Waals surface area contributed by atoms with Crippen LogP contribution >= 0.6 is 12.2 Å². The molecule has 1 aromatic heterocycles. The quantitative estimate of drug-likeness (QED) is 0.789. The number of rotatable bonds is 6. The van der Waals surface area contributed by atoms with Gasteiger partial charge in [0, 0.05) is 18.1 Å². The van der Waals surface area contributed by atoms with Gasteiger partial charge in [-0.1, -0.05) is 23.8 Å². The van der Waals surface area contributed by atoms with Gasteiger partial charge in [0.15, 0.2) is 5.11 Å². The fourth-order valence-corrected chi connectivity index (χ4v) is 2.82. The number of likely N-dealkylation sites (N-methyl/N-ethyl adjacent to an activating group) is 1. The number of quaternary nitrogens is 1. The molecule has 2 rings (SSSR count). The van der Waals surface area contributed by atoms with Crippen molar-refractivity contribution >= 4 is 23.0 Å². The van der Waals surface area contributed by atoms with Crippen molar-refractivity contribution in [3.05, 3.63) is 59.9 Å². The predicted octanol–water partition coefficient (Wildman–Crippen LogP) is 2.29. The Kier molecular flexibility index (Phi) is 6.70. The van der Waals surface area contributed by atoms with Gasteiger partial charge in [0.25, 0.3) is 0 Å². The summed E-state index contributed by atoms with van der Waals surface area (Å²) < 4.78 is 0. The van der Waals surface area contributed by atoms with E-state index in [1.54, 1.807) is 6.20 Å². The summed E-state index contributed by atoms with van der Waals surface area (Å²) in [5.74, 6) is 0. The van der Waals surface area contributed by atoms with Crippen molar-refractivity contribution in [1.82, 2.24) is 9.88 Å². The van der Waals surface area contributed by atoms with Gasteiger partial charge < -0.3 is 15.1 Å². The first-order valence-corrected chi connectivity index (χ1v) is 8.71. The van der Waals surface area contributed by atoms with E-state index >= 15 is 0 Å². The zero-order valence-electron chi connectivity index (χ0n) is 14.9. The molecule has 0 radical (unpaired) electrons. The molecule has 24 heavy (non-hydrogen) atoms. The summed E-state index contributed by atoms with van der Waals surface area (Å²) in [5, 5.41) is 4.12. The Balaban J connectivity index is 2.14. The lowest BCUT2D eigenvalue weighted by Gasteiger charge is -2.32. The average molecular weight is 344 g/mol. The number of aromatic nitrogens is 1. The zero-order chi connectivity index (χ0) is 17.5. The number of nitrogens with one attached hydrogen (secondary N) is 2. The summed E-state index contributed by atoms with van der Waals surface area (Å²) in [7, 11) is 4.31. The van der Waals surface area contributed by atoms with Gasteiger partial charge in [0.1, 0.15) is 0 Å². The topological polar surface area (TPSA) is 32.6 Å². The van der Waals surface area contributed by atoms with Gasteiger partial charge in [-0.25, -0.2) is 0 Å². The van der Waals surface area contributed by atoms with Crippen LogP contribution in [0.5, 0.6) is 0 Å². The standard InChI is InChI=1S/C19H26N4S/c1-15-7-9-18(10-8-15)21-19(24)23(13-12-22(3)4)16(2)17-6-5-11-20-14-17/h5-11,14,16H,12-13H2,1-4H3,(H,21,24)/p+1. The number of benzene rings is 1. The first kappa shape index (κ1) is 18.4. The third kappa shape index (κ3) is 5.28. The van der Waals surface area contributed by atoms with E-state index < -0.39 is 0 Å². The van der Waals surface area contributed by atoms with Crippen LogP contribution in [0.1, 0.15) is 24.1 Å². The van der Waals surface area contributed by atoms with Crippen LogP contribution in [0.2, 0.25) is 0 Å². The number of pyridine rings is 1. The molecule has 1 atom stereocenters. The lowest BCUT2D eigenvalue weighted by molar-refractivity contribution is -0.857. The third-order valence-electron chi connectivity index (χ3n) is 4.05. The lowest BCUT2D eigenvalue weighted by atomic mass is 10.1. The van der Waals surface area contributed by atoms with Gasteiger partial charge in [0.05, 0.1) is 33.2 Å². The van der Waals surface area contributed by atoms with Crippen LogP contribution in [0.25, 0.3) is 0 Å². The monoisotopic (exact) mass is 343 g/mol. The van der Waals surface area contributed by atoms with Crippen molar-refractivity contribution < 1.29 is 4.90 Å². The summed E-state index contributed by atoms with van der Waals surface area (Å²) >= 11 is 5.70. The molecule has 0 aliphatic carbocycles. The van der Waals surface area contributed by atoms with Crippen LogP contribution in [-0.4, -0.2) is 42.2 Å². The van der Waals surface area contributed by atoms with E-state index in [1.165, 1.54) is 16.0 Å². The highest BCUT2D eigenvalue weighted by Gasteiger charge is 2.20. The molecule has 1 unspecified atom stereocenters. The Morgan fingerprint density at radius 3 is 2.54 bits per heavy atom. The Labute approximate surface area is 150 Å². The van der Waals surface area contributed by atoms with E-state index in [0.29, 0.717) is 0 Å². The number of hydrogen-bond acceptors (Lipinski definition) is 2. The highest BCUT2D eigenvalue weighted by Crippen LogP contribution is 2.20. The highest BCUT2D eigenvalue weighted by atomic mass is 32.1. The van der Waals surface area contributed by atoms with Crippen molar-refractivity contribution in [2.24, 2.45) is 0 Å². The van der Waals surface area contributed by atoms with Crippen LogP contribution in [0, 0.1) is 6.92 Å². The first-order valence-electron chi connectivity index (χ1n) is 8.30. The Morgan fingerprint density at radius 1 is 1.25 bits per heavy atom. The maximum atomic E-state index is 5.70. The van der Waals surface area contributed by atoms with Gasteiger partial charge in [-0.05, 0) is 49.8 Å². The second-order valence-electron chi connectivity index (χ2n) is 6.41. The molecule has 2 aromatic rings. The number of hydrogen-bond donors (Lipinski definition) is 2. The molecule has 0 spiro atoms. The normalized spacial score (nSPS) is 12.0. The molecule has 128 valence electrons. The van der Waals surface area contributed by atoms with E-state index in [9.17, 15) is 0 Å². The van der Waals surface area contributed by atoms with Crippen molar-refractivity contribution in [1.29, 1.82) is 0 Å². The smallest absolute Gasteiger partial charge is 0.174 e. The molecule has 0 aliphatic heterocycles. The SMILES string of the molecule is Cc1ccc(NC(=S)N(CC[NH+](C)C)C(C)c2cccnc2)cc1. The molecule has 0 saturated heterocycles. The Bertz CT molecular complexity index is 640. The molecule has 1 heterocycles. The minimum absolute atomic E-state index is 0.170. The number of aryl methyl sites for hydroxylation is 1. The van der Waals surface area contributed by atoms with Crippen LogP contribution in [0.4, 0.5) is 5.69 Å². The first-order chi connectivity index (χ1) is 11.5. The van der Waals surface area contributed by atoms with E-state index in [-0.39, 0.29) is 6.04 Å². The molecule has 0 fully saturated rings. The molecular formula is C19H27N4S+. The summed E-state index contributed by atoms with van der Waals surface area (Å²) in [4.78, 5) is 7.88. The van der Waals surface area contributed by atoms with Gasteiger partial charge in [-0.3, -0.25) is 4.98 Å². The van der Waals surface area contributed by atoms with Gasteiger partial charge in [0.2, 0.25) is 0 Å². The summed E-state index contributed by atoms with van der Waals surface area (Å²) in [6, 6.07) is 12.5. The molecule has 5 heteroatoms. The van der Waals surface area contributed by atoms with E-state index in [4.69, 9.17) is 12.2 Å². The van der Waals surface area contributed by atoms with E-state index in [1.807, 2.05) is 12.3 Å². The predicted molar refractivity (Wildman–Crippen MR) is 104 cm³/mol. The van der Waals surface area contributed by atoms with E-state index in [0.717, 1.165) is 23.9 Å². The van der Waals surface area contributed by atoms with Crippen LogP contribution < -0.4 is 10.2 Å². The average Bonchev–Trinajstić information content (AvgIpc) is 2.57. The number of anilines is 1. The second kappa shape index (κ2) is 8.76. The highest BCUT2D eigenvalue weighted by molar-refractivity contribution is 7.80. The molecule has 0 saturated carbocycles. The molecule has 2 N–H and O–H groups in total. The number of nitrogens with zero attached hydrogens (tertiary/aromatic N) is 2. The maximum absolute atomic E-state index is 5.70. The molecule has 0 aliphatic rings. The number of thiocarbonyl (C=S) groups is 1. The molecule has 0 bridgehead atoms. The fourth-order valence-electron chi connectivity index (χ4n) is 2.45. The van der Waals surface area contributed by atoms with Gasteiger partial charge in [-0.2, -0.15) is 0 Å². The maximum Gasteiger partial charge on any atom is 0.174 e. The van der Waals surface area contributed by atoms with Crippen LogP contribution in [-0.2, 0) is 0 Å². The Hall–Kier alpha value is -1.98. The second-order valence-corrected chi connectivity index (χ2v) is 6.80. The van der Waals surface area contributed by atoms with Crippen molar-refractivity contribution in [2.45, 2.75) is 19.9 Å². The lowest BCUT2D eigenvalue weighted by Crippen LogP contribution is -3.06. The summed E-state index contributed by atoms with van der Waals surface area (Å²) in [5.41, 5.74) is 3.42.